The van der Waals surface area contributed by atoms with Crippen molar-refractivity contribution in [2.75, 3.05) is 13.2 Å². The summed E-state index contributed by atoms with van der Waals surface area (Å²) in [5.41, 5.74) is 2.89. The molecule has 1 aromatic carbocycles. The van der Waals surface area contributed by atoms with Crippen LogP contribution in [0.3, 0.4) is 0 Å². The highest BCUT2D eigenvalue weighted by molar-refractivity contribution is 5.40. The lowest BCUT2D eigenvalue weighted by atomic mass is 10.1. The van der Waals surface area contributed by atoms with Crippen LogP contribution in [0.4, 0.5) is 0 Å². The van der Waals surface area contributed by atoms with E-state index in [2.05, 4.69) is 30.4 Å². The molecular formula is C15H21NO. The lowest BCUT2D eigenvalue weighted by Gasteiger charge is -2.12. The fourth-order valence-corrected chi connectivity index (χ4v) is 2.38. The monoisotopic (exact) mass is 231 g/mol. The first-order chi connectivity index (χ1) is 8.35. The van der Waals surface area contributed by atoms with Crippen LogP contribution in [0, 0.1) is 0 Å². The molecule has 92 valence electrons. The quantitative estimate of drug-likeness (QED) is 0.785. The van der Waals surface area contributed by atoms with Crippen LogP contribution in [0.5, 0.6) is 5.75 Å². The van der Waals surface area contributed by atoms with E-state index in [1.807, 2.05) is 19.1 Å². The van der Waals surface area contributed by atoms with Gasteiger partial charge in [-0.2, -0.15) is 0 Å². The summed E-state index contributed by atoms with van der Waals surface area (Å²) in [5.74, 6) is 0.985. The van der Waals surface area contributed by atoms with Crippen molar-refractivity contribution in [2.24, 2.45) is 0 Å². The van der Waals surface area contributed by atoms with E-state index in [0.717, 1.165) is 18.7 Å². The zero-order chi connectivity index (χ0) is 12.1. The number of nitrogens with one attached hydrogen (secondary N) is 1. The topological polar surface area (TPSA) is 21.3 Å². The third kappa shape index (κ3) is 2.89. The van der Waals surface area contributed by atoms with Gasteiger partial charge in [0.15, 0.2) is 0 Å². The number of hydrogen-bond acceptors (Lipinski definition) is 2. The standard InChI is InChI=1S/C15H21NO/c1-3-5-10-17-13-7-8-14-12(11-13)6-9-15(14)16-4-2/h3,5,7-8,11,15-16H,4,6,9-10H2,1-2H3/b5-3+. The first-order valence-electron chi connectivity index (χ1n) is 6.45. The van der Waals surface area contributed by atoms with E-state index in [1.54, 1.807) is 0 Å². The van der Waals surface area contributed by atoms with Crippen molar-refractivity contribution in [3.05, 3.63) is 41.5 Å². The third-order valence-electron chi connectivity index (χ3n) is 3.22. The molecule has 0 amide bonds. The van der Waals surface area contributed by atoms with Crippen LogP contribution in [0.15, 0.2) is 30.4 Å². The minimum absolute atomic E-state index is 0.541. The third-order valence-corrected chi connectivity index (χ3v) is 3.22. The number of hydrogen-bond donors (Lipinski definition) is 1. The lowest BCUT2D eigenvalue weighted by Crippen LogP contribution is -2.18. The van der Waals surface area contributed by atoms with Crippen molar-refractivity contribution in [1.29, 1.82) is 0 Å². The second kappa shape index (κ2) is 5.87. The summed E-state index contributed by atoms with van der Waals surface area (Å²) in [6.07, 6.45) is 6.40. The van der Waals surface area contributed by atoms with Crippen LogP contribution in [0.25, 0.3) is 0 Å². The molecule has 1 N–H and O–H groups in total. The van der Waals surface area contributed by atoms with Gasteiger partial charge >= 0.3 is 0 Å². The molecule has 0 aromatic heterocycles. The summed E-state index contributed by atoms with van der Waals surface area (Å²) in [5, 5.41) is 3.52. The van der Waals surface area contributed by atoms with Crippen molar-refractivity contribution in [1.82, 2.24) is 5.32 Å². The van der Waals surface area contributed by atoms with Gasteiger partial charge in [0.25, 0.3) is 0 Å². The zero-order valence-corrected chi connectivity index (χ0v) is 10.7. The summed E-state index contributed by atoms with van der Waals surface area (Å²) in [6, 6.07) is 7.02. The predicted octanol–water partition coefficient (Wildman–Crippen LogP) is 3.24. The Kier molecular flexibility index (Phi) is 4.21. The van der Waals surface area contributed by atoms with E-state index >= 15 is 0 Å². The number of rotatable bonds is 5. The highest BCUT2D eigenvalue weighted by Crippen LogP contribution is 2.33. The van der Waals surface area contributed by atoms with Crippen molar-refractivity contribution < 1.29 is 4.74 Å². The molecule has 0 saturated heterocycles. The molecule has 17 heavy (non-hydrogen) atoms. The average Bonchev–Trinajstić information content (AvgIpc) is 2.73. The highest BCUT2D eigenvalue weighted by Gasteiger charge is 2.21. The van der Waals surface area contributed by atoms with Crippen LogP contribution >= 0.6 is 0 Å². The van der Waals surface area contributed by atoms with Crippen LogP contribution in [-0.2, 0) is 6.42 Å². The van der Waals surface area contributed by atoms with Crippen molar-refractivity contribution in [3.63, 3.8) is 0 Å². The van der Waals surface area contributed by atoms with Gasteiger partial charge < -0.3 is 10.1 Å². The highest BCUT2D eigenvalue weighted by atomic mass is 16.5. The molecule has 1 aliphatic rings. The molecule has 0 heterocycles. The number of benzene rings is 1. The molecule has 2 nitrogen and oxygen atoms in total. The minimum atomic E-state index is 0.541. The summed E-state index contributed by atoms with van der Waals surface area (Å²) in [6.45, 7) is 5.86. The van der Waals surface area contributed by atoms with Gasteiger partial charge in [-0.15, -0.1) is 0 Å². The largest absolute Gasteiger partial charge is 0.490 e. The second-order valence-corrected chi connectivity index (χ2v) is 4.39. The van der Waals surface area contributed by atoms with E-state index < -0.39 is 0 Å². The Balaban J connectivity index is 2.05. The van der Waals surface area contributed by atoms with Gasteiger partial charge in [-0.3, -0.25) is 0 Å². The molecule has 0 radical (unpaired) electrons. The van der Waals surface area contributed by atoms with E-state index in [0.29, 0.717) is 12.6 Å². The van der Waals surface area contributed by atoms with Gasteiger partial charge in [-0.1, -0.05) is 25.1 Å². The predicted molar refractivity (Wildman–Crippen MR) is 71.5 cm³/mol. The lowest BCUT2D eigenvalue weighted by molar-refractivity contribution is 0.362. The summed E-state index contributed by atoms with van der Waals surface area (Å²) in [7, 11) is 0. The first-order valence-corrected chi connectivity index (χ1v) is 6.45. The van der Waals surface area contributed by atoms with Gasteiger partial charge in [-0.05, 0) is 49.6 Å². The molecule has 1 aromatic rings. The van der Waals surface area contributed by atoms with E-state index in [1.165, 1.54) is 17.5 Å². The van der Waals surface area contributed by atoms with Crippen molar-refractivity contribution in [2.45, 2.75) is 32.7 Å². The van der Waals surface area contributed by atoms with E-state index in [4.69, 9.17) is 4.74 Å². The Morgan fingerprint density at radius 3 is 3.12 bits per heavy atom. The molecule has 0 saturated carbocycles. The number of aryl methyl sites for hydroxylation is 1. The molecule has 1 aliphatic carbocycles. The van der Waals surface area contributed by atoms with Crippen molar-refractivity contribution >= 4 is 0 Å². The van der Waals surface area contributed by atoms with Gasteiger partial charge in [-0.25, -0.2) is 0 Å². The zero-order valence-electron chi connectivity index (χ0n) is 10.7. The van der Waals surface area contributed by atoms with E-state index in [-0.39, 0.29) is 0 Å². The average molecular weight is 231 g/mol. The molecular weight excluding hydrogens is 210 g/mol. The molecule has 0 bridgehead atoms. The van der Waals surface area contributed by atoms with Crippen LogP contribution < -0.4 is 10.1 Å². The van der Waals surface area contributed by atoms with E-state index in [9.17, 15) is 0 Å². The summed E-state index contributed by atoms with van der Waals surface area (Å²) in [4.78, 5) is 0. The maximum Gasteiger partial charge on any atom is 0.120 e. The fourth-order valence-electron chi connectivity index (χ4n) is 2.38. The molecule has 0 spiro atoms. The van der Waals surface area contributed by atoms with Gasteiger partial charge in [0, 0.05) is 6.04 Å². The Labute approximate surface area is 104 Å². The molecule has 0 aliphatic heterocycles. The fraction of sp³-hybridized carbons (Fsp3) is 0.467. The number of fused-ring (bicyclic) bond motifs is 1. The maximum atomic E-state index is 5.66. The van der Waals surface area contributed by atoms with Crippen LogP contribution in [0.1, 0.15) is 37.4 Å². The van der Waals surface area contributed by atoms with Gasteiger partial charge in [0.2, 0.25) is 0 Å². The van der Waals surface area contributed by atoms with Crippen LogP contribution in [-0.4, -0.2) is 13.2 Å². The Morgan fingerprint density at radius 2 is 2.35 bits per heavy atom. The molecule has 0 fully saturated rings. The van der Waals surface area contributed by atoms with Crippen LogP contribution in [0.2, 0.25) is 0 Å². The smallest absolute Gasteiger partial charge is 0.120 e. The van der Waals surface area contributed by atoms with Crippen molar-refractivity contribution in [3.8, 4) is 5.75 Å². The SMILES string of the molecule is C/C=C/COc1ccc2c(c1)CCC2NCC. The maximum absolute atomic E-state index is 5.66. The normalized spacial score (nSPS) is 18.6. The molecule has 2 rings (SSSR count). The Morgan fingerprint density at radius 1 is 1.47 bits per heavy atom. The molecule has 2 heteroatoms. The van der Waals surface area contributed by atoms with Gasteiger partial charge in [0.05, 0.1) is 0 Å². The Hall–Kier alpha value is -1.28. The molecule has 1 unspecified atom stereocenters. The summed E-state index contributed by atoms with van der Waals surface area (Å²) < 4.78 is 5.66. The number of allylic oxidation sites excluding steroid dienone is 1. The first kappa shape index (κ1) is 12.2. The minimum Gasteiger partial charge on any atom is -0.490 e. The molecule has 1 atom stereocenters. The number of ether oxygens (including phenoxy) is 1. The Bertz CT molecular complexity index is 398. The second-order valence-electron chi connectivity index (χ2n) is 4.39. The summed E-state index contributed by atoms with van der Waals surface area (Å²) >= 11 is 0. The van der Waals surface area contributed by atoms with Gasteiger partial charge in [0.1, 0.15) is 12.4 Å².